The van der Waals surface area contributed by atoms with Crippen molar-refractivity contribution < 1.29 is 9.53 Å². The summed E-state index contributed by atoms with van der Waals surface area (Å²) in [5.74, 6) is 2.74. The largest absolute Gasteiger partial charge is 0.479 e. The third-order valence-corrected chi connectivity index (χ3v) is 3.87. The summed E-state index contributed by atoms with van der Waals surface area (Å²) in [6, 6.07) is 5.23. The van der Waals surface area contributed by atoms with Crippen molar-refractivity contribution in [3.05, 3.63) is 34.5 Å². The number of hydrogen-bond donors (Lipinski definition) is 0. The van der Waals surface area contributed by atoms with E-state index in [1.165, 1.54) is 4.90 Å². The molecule has 0 N–H and O–H groups in total. The number of carbonyl (C=O) groups is 1. The van der Waals surface area contributed by atoms with Crippen LogP contribution < -0.4 is 4.74 Å². The molecule has 0 spiro atoms. The first kappa shape index (κ1) is 15.4. The second-order valence-electron chi connectivity index (χ2n) is 4.42. The van der Waals surface area contributed by atoms with Gasteiger partial charge in [0.2, 0.25) is 0 Å². The molecule has 1 amide bonds. The fraction of sp³-hybridized carbons (Fsp3) is 0.200. The zero-order valence-corrected chi connectivity index (χ0v) is 13.2. The molecule has 0 radical (unpaired) electrons. The molecule has 1 aliphatic heterocycles. The van der Waals surface area contributed by atoms with Crippen LogP contribution >= 0.6 is 23.8 Å². The smallest absolute Gasteiger partial charge is 0.276 e. The van der Waals surface area contributed by atoms with E-state index >= 15 is 0 Å². The monoisotopic (exact) mass is 320 g/mol. The Morgan fingerprint density at radius 3 is 2.67 bits per heavy atom. The summed E-state index contributed by atoms with van der Waals surface area (Å²) in [5.41, 5.74) is 1.28. The van der Waals surface area contributed by atoms with Crippen LogP contribution in [0.3, 0.4) is 0 Å². The van der Waals surface area contributed by atoms with Crippen molar-refractivity contribution in [3.8, 4) is 18.1 Å². The summed E-state index contributed by atoms with van der Waals surface area (Å²) in [7, 11) is 3.40. The maximum atomic E-state index is 12.1. The minimum atomic E-state index is -0.147. The lowest BCUT2D eigenvalue weighted by Gasteiger charge is -2.11. The molecule has 2 rings (SSSR count). The van der Waals surface area contributed by atoms with Crippen LogP contribution in [0.5, 0.6) is 5.75 Å². The highest BCUT2D eigenvalue weighted by molar-refractivity contribution is 7.80. The zero-order chi connectivity index (χ0) is 15.6. The maximum Gasteiger partial charge on any atom is 0.276 e. The van der Waals surface area contributed by atoms with Crippen molar-refractivity contribution in [3.63, 3.8) is 0 Å². The second-order valence-corrected chi connectivity index (χ2v) is 5.19. The number of rotatable bonds is 3. The van der Waals surface area contributed by atoms with Gasteiger partial charge in [-0.15, -0.1) is 6.42 Å². The number of likely N-dealkylation sites (N-methyl/N-ethyl adjacent to an activating group) is 2. The van der Waals surface area contributed by atoms with E-state index in [1.54, 1.807) is 43.3 Å². The molecule has 0 unspecified atom stereocenters. The van der Waals surface area contributed by atoms with Gasteiger partial charge >= 0.3 is 0 Å². The highest BCUT2D eigenvalue weighted by Crippen LogP contribution is 2.28. The van der Waals surface area contributed by atoms with E-state index in [-0.39, 0.29) is 12.5 Å². The third-order valence-electron chi connectivity index (χ3n) is 3.03. The molecule has 4 nitrogen and oxygen atoms in total. The minimum Gasteiger partial charge on any atom is -0.479 e. The molecule has 1 aromatic carbocycles. The summed E-state index contributed by atoms with van der Waals surface area (Å²) >= 11 is 11.3. The van der Waals surface area contributed by atoms with Crippen molar-refractivity contribution in [2.75, 3.05) is 20.7 Å². The Balaban J connectivity index is 2.30. The summed E-state index contributed by atoms with van der Waals surface area (Å²) < 4.78 is 5.29. The van der Waals surface area contributed by atoms with Crippen molar-refractivity contribution in [1.82, 2.24) is 9.80 Å². The Morgan fingerprint density at radius 1 is 1.43 bits per heavy atom. The molecule has 0 atom stereocenters. The predicted octanol–water partition coefficient (Wildman–Crippen LogP) is 2.38. The highest BCUT2D eigenvalue weighted by Gasteiger charge is 2.32. The first-order valence-electron chi connectivity index (χ1n) is 6.09. The van der Waals surface area contributed by atoms with Crippen molar-refractivity contribution in [1.29, 1.82) is 0 Å². The molecule has 0 aliphatic carbocycles. The standard InChI is InChI=1S/C15H13ClN2O2S/c1-4-7-20-13-6-5-10(8-11(13)16)9-12-14(19)18(3)15(21)17(12)2/h1,5-6,8-9H,7H2,2-3H3/b12-9-. The van der Waals surface area contributed by atoms with E-state index in [0.717, 1.165) is 5.56 Å². The Morgan fingerprint density at radius 2 is 2.14 bits per heavy atom. The van der Waals surface area contributed by atoms with Gasteiger partial charge in [0, 0.05) is 14.1 Å². The number of thiocarbonyl (C=S) groups is 1. The first-order valence-corrected chi connectivity index (χ1v) is 6.87. The molecule has 0 saturated carbocycles. The Kier molecular flexibility index (Phi) is 4.51. The summed E-state index contributed by atoms with van der Waals surface area (Å²) in [5, 5.41) is 0.898. The molecule has 1 heterocycles. The van der Waals surface area contributed by atoms with Crippen molar-refractivity contribution >= 4 is 40.9 Å². The van der Waals surface area contributed by atoms with Crippen molar-refractivity contribution in [2.45, 2.75) is 0 Å². The fourth-order valence-corrected chi connectivity index (χ4v) is 2.31. The van der Waals surface area contributed by atoms with E-state index < -0.39 is 0 Å². The predicted molar refractivity (Wildman–Crippen MR) is 86.9 cm³/mol. The number of nitrogens with zero attached hydrogens (tertiary/aromatic N) is 2. The summed E-state index contributed by atoms with van der Waals surface area (Å²) in [6.07, 6.45) is 6.87. The van der Waals surface area contributed by atoms with Gasteiger partial charge in [0.25, 0.3) is 5.91 Å². The topological polar surface area (TPSA) is 32.8 Å². The van der Waals surface area contributed by atoms with Crippen LogP contribution in [0, 0.1) is 12.3 Å². The van der Waals surface area contributed by atoms with Gasteiger partial charge in [0.05, 0.1) is 5.02 Å². The van der Waals surface area contributed by atoms with Gasteiger partial charge in [-0.1, -0.05) is 23.6 Å². The van der Waals surface area contributed by atoms with Crippen LogP contribution in [-0.2, 0) is 4.79 Å². The lowest BCUT2D eigenvalue weighted by molar-refractivity contribution is -0.121. The van der Waals surface area contributed by atoms with Crippen LogP contribution in [0.1, 0.15) is 5.56 Å². The SMILES string of the molecule is C#CCOc1ccc(/C=C2/C(=O)N(C)C(=S)N2C)cc1Cl. The number of benzene rings is 1. The van der Waals surface area contributed by atoms with Gasteiger partial charge in [-0.25, -0.2) is 0 Å². The van der Waals surface area contributed by atoms with Crippen LogP contribution in [-0.4, -0.2) is 41.5 Å². The lowest BCUT2D eigenvalue weighted by atomic mass is 10.1. The first-order chi connectivity index (χ1) is 9.95. The molecule has 0 aromatic heterocycles. The zero-order valence-electron chi connectivity index (χ0n) is 11.6. The lowest BCUT2D eigenvalue weighted by Crippen LogP contribution is -2.26. The summed E-state index contributed by atoms with van der Waals surface area (Å²) in [6.45, 7) is 0.153. The van der Waals surface area contributed by atoms with Crippen LogP contribution in [0.2, 0.25) is 5.02 Å². The number of ether oxygens (including phenoxy) is 1. The molecule has 21 heavy (non-hydrogen) atoms. The maximum absolute atomic E-state index is 12.1. The van der Waals surface area contributed by atoms with E-state index in [0.29, 0.717) is 21.6 Å². The van der Waals surface area contributed by atoms with Gasteiger partial charge in [-0.3, -0.25) is 9.69 Å². The Hall–Kier alpha value is -2.03. The fourth-order valence-electron chi connectivity index (χ4n) is 1.89. The number of hydrogen-bond acceptors (Lipinski definition) is 3. The van der Waals surface area contributed by atoms with Gasteiger partial charge in [0.1, 0.15) is 18.1 Å². The number of terminal acetylenes is 1. The van der Waals surface area contributed by atoms with E-state index in [4.69, 9.17) is 35.0 Å². The summed E-state index contributed by atoms with van der Waals surface area (Å²) in [4.78, 5) is 15.2. The molecule has 6 heteroatoms. The van der Waals surface area contributed by atoms with Gasteiger partial charge in [0.15, 0.2) is 5.11 Å². The number of amides is 1. The quantitative estimate of drug-likeness (QED) is 0.486. The van der Waals surface area contributed by atoms with E-state index in [1.807, 2.05) is 0 Å². The molecule has 1 aromatic rings. The van der Waals surface area contributed by atoms with Gasteiger partial charge in [-0.05, 0) is 36.0 Å². The van der Waals surface area contributed by atoms with Gasteiger partial charge < -0.3 is 9.64 Å². The molecular formula is C15H13ClN2O2S. The van der Waals surface area contributed by atoms with Crippen molar-refractivity contribution in [2.24, 2.45) is 0 Å². The average Bonchev–Trinajstić information content (AvgIpc) is 2.64. The Labute approximate surface area is 133 Å². The highest BCUT2D eigenvalue weighted by atomic mass is 35.5. The molecule has 1 saturated heterocycles. The van der Waals surface area contributed by atoms with Crippen LogP contribution in [0.4, 0.5) is 0 Å². The molecule has 1 fully saturated rings. The van der Waals surface area contributed by atoms with E-state index in [9.17, 15) is 4.79 Å². The third kappa shape index (κ3) is 3.02. The van der Waals surface area contributed by atoms with E-state index in [2.05, 4.69) is 5.92 Å². The normalized spacial score (nSPS) is 16.6. The van der Waals surface area contributed by atoms with Crippen LogP contribution in [0.15, 0.2) is 23.9 Å². The Bertz CT molecular complexity index is 679. The molecule has 108 valence electrons. The number of carbonyl (C=O) groups excluding carboxylic acids is 1. The molecule has 1 aliphatic rings. The average molecular weight is 321 g/mol. The second kappa shape index (κ2) is 6.17. The minimum absolute atomic E-state index is 0.147. The number of halogens is 1. The van der Waals surface area contributed by atoms with Gasteiger partial charge in [-0.2, -0.15) is 0 Å². The molecular weight excluding hydrogens is 308 g/mol. The molecule has 0 bridgehead atoms. The van der Waals surface area contributed by atoms with Crippen LogP contribution in [0.25, 0.3) is 6.08 Å².